The number of benzene rings is 2. The van der Waals surface area contributed by atoms with E-state index in [2.05, 4.69) is 4.98 Å². The Balaban J connectivity index is 2.01. The van der Waals surface area contributed by atoms with Gasteiger partial charge in [-0.05, 0) is 50.6 Å². The van der Waals surface area contributed by atoms with Crippen molar-refractivity contribution in [2.45, 2.75) is 43.6 Å². The summed E-state index contributed by atoms with van der Waals surface area (Å²) in [6, 6.07) is 10.1. The van der Waals surface area contributed by atoms with Crippen LogP contribution in [0.4, 0.5) is 8.78 Å². The van der Waals surface area contributed by atoms with Crippen LogP contribution in [0.3, 0.4) is 0 Å². The normalized spacial score (nSPS) is 13.5. The molecule has 0 fully saturated rings. The molecule has 0 saturated carbocycles. The molecular weight excluding hydrogens is 382 g/mol. The number of nitrogens with zero attached hydrogens (tertiary/aromatic N) is 2. The molecule has 0 unspecified atom stereocenters. The van der Waals surface area contributed by atoms with Crippen molar-refractivity contribution in [3.05, 3.63) is 70.0 Å². The van der Waals surface area contributed by atoms with Crippen molar-refractivity contribution < 1.29 is 13.6 Å². The number of fused-ring (bicyclic) bond motifs is 1. The maximum absolute atomic E-state index is 13.5. The molecule has 1 heterocycles. The number of hydrogen-bond acceptors (Lipinski definition) is 4. The van der Waals surface area contributed by atoms with Crippen LogP contribution in [0.25, 0.3) is 10.9 Å². The SMILES string of the molecule is CC[C@@H](C)n1c(S[C@H](C)C(=O)c2ccc(F)c(F)c2)nc2ccccc2c1=O. The lowest BCUT2D eigenvalue weighted by atomic mass is 10.1. The van der Waals surface area contributed by atoms with Gasteiger partial charge >= 0.3 is 0 Å². The number of ketones is 1. The van der Waals surface area contributed by atoms with Crippen LogP contribution in [-0.4, -0.2) is 20.6 Å². The molecular formula is C21H20F2N2O2S. The summed E-state index contributed by atoms with van der Waals surface area (Å²) in [7, 11) is 0. The van der Waals surface area contributed by atoms with Crippen LogP contribution in [0, 0.1) is 11.6 Å². The smallest absolute Gasteiger partial charge is 0.262 e. The summed E-state index contributed by atoms with van der Waals surface area (Å²) in [5, 5.41) is 0.321. The molecule has 0 aliphatic carbocycles. The molecule has 0 aliphatic heterocycles. The molecule has 2 aromatic carbocycles. The molecule has 1 aromatic heterocycles. The second-order valence-corrected chi connectivity index (χ2v) is 7.91. The first-order valence-corrected chi connectivity index (χ1v) is 9.88. The number of aromatic nitrogens is 2. The Labute approximate surface area is 165 Å². The van der Waals surface area contributed by atoms with E-state index in [0.29, 0.717) is 16.1 Å². The zero-order valence-electron chi connectivity index (χ0n) is 15.8. The highest BCUT2D eigenvalue weighted by Crippen LogP contribution is 2.28. The summed E-state index contributed by atoms with van der Waals surface area (Å²) in [6.07, 6.45) is 0.721. The van der Waals surface area contributed by atoms with Crippen LogP contribution in [0.1, 0.15) is 43.6 Å². The highest BCUT2D eigenvalue weighted by molar-refractivity contribution is 8.00. The number of rotatable bonds is 6. The topological polar surface area (TPSA) is 52.0 Å². The molecule has 3 rings (SSSR count). The Morgan fingerprint density at radius 3 is 2.54 bits per heavy atom. The van der Waals surface area contributed by atoms with Gasteiger partial charge in [0.1, 0.15) is 0 Å². The van der Waals surface area contributed by atoms with Crippen LogP contribution in [-0.2, 0) is 0 Å². The average Bonchev–Trinajstić information content (AvgIpc) is 2.69. The van der Waals surface area contributed by atoms with Crippen LogP contribution >= 0.6 is 11.8 Å². The highest BCUT2D eigenvalue weighted by atomic mass is 32.2. The minimum Gasteiger partial charge on any atom is -0.293 e. The van der Waals surface area contributed by atoms with Gasteiger partial charge in [0.2, 0.25) is 0 Å². The molecule has 0 aliphatic rings. The van der Waals surface area contributed by atoms with Crippen molar-refractivity contribution in [3.63, 3.8) is 0 Å². The molecule has 2 atom stereocenters. The van der Waals surface area contributed by atoms with E-state index in [1.54, 1.807) is 35.8 Å². The van der Waals surface area contributed by atoms with Gasteiger partial charge in [-0.1, -0.05) is 30.8 Å². The number of carbonyl (C=O) groups is 1. The van der Waals surface area contributed by atoms with E-state index >= 15 is 0 Å². The van der Waals surface area contributed by atoms with E-state index < -0.39 is 16.9 Å². The maximum Gasteiger partial charge on any atom is 0.262 e. The van der Waals surface area contributed by atoms with Gasteiger partial charge in [-0.3, -0.25) is 14.2 Å². The third-order valence-electron chi connectivity index (χ3n) is 4.66. The number of hydrogen-bond donors (Lipinski definition) is 0. The minimum absolute atomic E-state index is 0.0807. The summed E-state index contributed by atoms with van der Waals surface area (Å²) in [5.41, 5.74) is 0.481. The van der Waals surface area contributed by atoms with Crippen molar-refractivity contribution in [2.75, 3.05) is 0 Å². The van der Waals surface area contributed by atoms with Gasteiger partial charge in [0, 0.05) is 11.6 Å². The zero-order valence-corrected chi connectivity index (χ0v) is 16.6. The molecule has 28 heavy (non-hydrogen) atoms. The Morgan fingerprint density at radius 1 is 1.14 bits per heavy atom. The number of carbonyl (C=O) groups excluding carboxylic acids is 1. The predicted octanol–water partition coefficient (Wildman–Crippen LogP) is 5.01. The zero-order chi connectivity index (χ0) is 20.4. The lowest BCUT2D eigenvalue weighted by Crippen LogP contribution is -2.27. The predicted molar refractivity (Wildman–Crippen MR) is 107 cm³/mol. The van der Waals surface area contributed by atoms with E-state index in [0.717, 1.165) is 30.3 Å². The first kappa shape index (κ1) is 20.2. The molecule has 146 valence electrons. The minimum atomic E-state index is -1.07. The van der Waals surface area contributed by atoms with Crippen LogP contribution < -0.4 is 5.56 Å². The van der Waals surface area contributed by atoms with Crippen LogP contribution in [0.5, 0.6) is 0 Å². The fraction of sp³-hybridized carbons (Fsp3) is 0.286. The van der Waals surface area contributed by atoms with Crippen molar-refractivity contribution in [2.24, 2.45) is 0 Å². The first-order valence-electron chi connectivity index (χ1n) is 9.00. The van der Waals surface area contributed by atoms with Crippen molar-refractivity contribution in [3.8, 4) is 0 Å². The van der Waals surface area contributed by atoms with Gasteiger partial charge < -0.3 is 0 Å². The molecule has 0 spiro atoms. The van der Waals surface area contributed by atoms with Gasteiger partial charge in [0.25, 0.3) is 5.56 Å². The third-order valence-corrected chi connectivity index (χ3v) is 5.73. The number of para-hydroxylation sites is 1. The summed E-state index contributed by atoms with van der Waals surface area (Å²) in [4.78, 5) is 30.3. The van der Waals surface area contributed by atoms with Crippen LogP contribution in [0.15, 0.2) is 52.4 Å². The lowest BCUT2D eigenvalue weighted by molar-refractivity contribution is 0.0993. The quantitative estimate of drug-likeness (QED) is 0.330. The Kier molecular flexibility index (Phi) is 5.93. The Hall–Kier alpha value is -2.54. The Bertz CT molecular complexity index is 1100. The molecule has 0 bridgehead atoms. The number of halogens is 2. The standard InChI is InChI=1S/C21H20F2N2O2S/c1-4-12(2)25-20(27)15-7-5-6-8-18(15)24-21(25)28-13(3)19(26)14-9-10-16(22)17(23)11-14/h5-13H,4H2,1-3H3/t12-,13-/m1/s1. The monoisotopic (exact) mass is 402 g/mol. The number of thioether (sulfide) groups is 1. The van der Waals surface area contributed by atoms with Crippen molar-refractivity contribution in [1.29, 1.82) is 0 Å². The van der Waals surface area contributed by atoms with E-state index in [9.17, 15) is 18.4 Å². The molecule has 0 N–H and O–H groups in total. The molecule has 0 radical (unpaired) electrons. The summed E-state index contributed by atoms with van der Waals surface area (Å²) >= 11 is 1.14. The summed E-state index contributed by atoms with van der Waals surface area (Å²) < 4.78 is 28.2. The van der Waals surface area contributed by atoms with E-state index in [1.165, 1.54) is 6.07 Å². The van der Waals surface area contributed by atoms with Crippen molar-refractivity contribution in [1.82, 2.24) is 9.55 Å². The summed E-state index contributed by atoms with van der Waals surface area (Å²) in [5.74, 6) is -2.43. The lowest BCUT2D eigenvalue weighted by Gasteiger charge is -2.20. The maximum atomic E-state index is 13.5. The van der Waals surface area contributed by atoms with E-state index in [-0.39, 0.29) is 22.9 Å². The van der Waals surface area contributed by atoms with Gasteiger partial charge in [0.05, 0.1) is 16.2 Å². The largest absolute Gasteiger partial charge is 0.293 e. The second kappa shape index (κ2) is 8.22. The van der Waals surface area contributed by atoms with E-state index in [4.69, 9.17) is 0 Å². The van der Waals surface area contributed by atoms with Crippen molar-refractivity contribution >= 4 is 28.4 Å². The van der Waals surface area contributed by atoms with Crippen LogP contribution in [0.2, 0.25) is 0 Å². The fourth-order valence-corrected chi connectivity index (χ4v) is 3.96. The van der Waals surface area contributed by atoms with Gasteiger partial charge in [-0.15, -0.1) is 0 Å². The summed E-state index contributed by atoms with van der Waals surface area (Å²) in [6.45, 7) is 5.55. The Morgan fingerprint density at radius 2 is 1.86 bits per heavy atom. The van der Waals surface area contributed by atoms with Gasteiger partial charge in [-0.2, -0.15) is 0 Å². The molecule has 4 nitrogen and oxygen atoms in total. The first-order chi connectivity index (χ1) is 13.3. The molecule has 0 saturated heterocycles. The molecule has 3 aromatic rings. The third kappa shape index (κ3) is 3.85. The highest BCUT2D eigenvalue weighted by Gasteiger charge is 2.23. The average molecular weight is 402 g/mol. The van der Waals surface area contributed by atoms with Gasteiger partial charge in [0.15, 0.2) is 22.6 Å². The molecule has 0 amide bonds. The number of Topliss-reactive ketones (excluding diaryl/α,β-unsaturated/α-hetero) is 1. The van der Waals surface area contributed by atoms with Gasteiger partial charge in [-0.25, -0.2) is 13.8 Å². The fourth-order valence-electron chi connectivity index (χ4n) is 2.88. The second-order valence-electron chi connectivity index (χ2n) is 6.60. The van der Waals surface area contributed by atoms with E-state index in [1.807, 2.05) is 13.8 Å². The molecule has 7 heteroatoms.